The Morgan fingerprint density at radius 3 is 1.28 bits per heavy atom. The minimum absolute atomic E-state index is 0.0540. The number of carbonyl (C=O) groups excluding carboxylic acids is 4. The highest BCUT2D eigenvalue weighted by Crippen LogP contribution is 2.73. The van der Waals surface area contributed by atoms with Gasteiger partial charge in [-0.1, -0.05) is 120 Å². The molecule has 8 fully saturated rings. The zero-order valence-electron chi connectivity index (χ0n) is 57.3. The van der Waals surface area contributed by atoms with E-state index in [9.17, 15) is 24.0 Å². The van der Waals surface area contributed by atoms with Gasteiger partial charge in [-0.3, -0.25) is 24.0 Å². The van der Waals surface area contributed by atoms with E-state index in [2.05, 4.69) is 109 Å². The van der Waals surface area contributed by atoms with Crippen molar-refractivity contribution < 1.29 is 52.0 Å². The molecule has 1 heterocycles. The molecule has 12 nitrogen and oxygen atoms in total. The van der Waals surface area contributed by atoms with Crippen molar-refractivity contribution in [3.05, 3.63) is 51.6 Å². The van der Waals surface area contributed by atoms with Crippen LogP contribution in [-0.2, 0) is 49.5 Å². The number of carbonyl (C=O) groups is 4. The fourth-order valence-corrected chi connectivity index (χ4v) is 24.9. The number of hydrogen-bond acceptors (Lipinski definition) is 12. The fraction of sp³-hybridized carbons (Fsp3) is 0.829. The molecule has 0 bridgehead atoms. The van der Waals surface area contributed by atoms with Crippen LogP contribution in [0, 0.1) is 101 Å². The van der Waals surface area contributed by atoms with Crippen LogP contribution in [0.15, 0.2) is 44.8 Å². The first-order chi connectivity index (χ1) is 41.2. The molecule has 0 amide bonds. The summed E-state index contributed by atoms with van der Waals surface area (Å²) in [4.78, 5) is 66.2. The van der Waals surface area contributed by atoms with Crippen LogP contribution in [0.2, 0.25) is 0 Å². The van der Waals surface area contributed by atoms with Gasteiger partial charge in [-0.05, 0) is 219 Å². The lowest BCUT2D eigenvalue weighted by molar-refractivity contribution is -0.178. The third-order valence-electron chi connectivity index (χ3n) is 29.2. The van der Waals surface area contributed by atoms with Crippen molar-refractivity contribution in [1.29, 1.82) is 0 Å². The monoisotopic (exact) mass is 1220 g/mol. The van der Waals surface area contributed by atoms with Crippen LogP contribution < -0.4 is 10.2 Å². The van der Waals surface area contributed by atoms with E-state index < -0.39 is 29.3 Å². The summed E-state index contributed by atoms with van der Waals surface area (Å²) in [7, 11) is 3.81. The molecule has 0 aliphatic heterocycles. The Hall–Kier alpha value is -3.77. The highest BCUT2D eigenvalue weighted by molar-refractivity contribution is 5.79. The summed E-state index contributed by atoms with van der Waals surface area (Å²) in [5.74, 6) is 1.87. The van der Waals surface area contributed by atoms with Crippen molar-refractivity contribution in [3.8, 4) is 5.75 Å². The molecule has 10 aliphatic carbocycles. The molecule has 8 saturated carbocycles. The second-order valence-electron chi connectivity index (χ2n) is 34.9. The van der Waals surface area contributed by atoms with E-state index in [4.69, 9.17) is 32.8 Å². The summed E-state index contributed by atoms with van der Waals surface area (Å²) >= 11 is 0. The van der Waals surface area contributed by atoms with E-state index in [-0.39, 0.29) is 93.9 Å². The van der Waals surface area contributed by atoms with Crippen molar-refractivity contribution in [1.82, 2.24) is 0 Å². The van der Waals surface area contributed by atoms with Gasteiger partial charge < -0.3 is 32.8 Å². The molecule has 0 N–H and O–H groups in total. The van der Waals surface area contributed by atoms with Gasteiger partial charge in [0.05, 0.1) is 37.9 Å². The van der Waals surface area contributed by atoms with Crippen LogP contribution >= 0.6 is 0 Å². The number of rotatable bonds is 13. The number of hydrogen-bond donors (Lipinski definition) is 0. The van der Waals surface area contributed by atoms with Crippen LogP contribution in [0.3, 0.4) is 0 Å². The van der Waals surface area contributed by atoms with Gasteiger partial charge in [-0.2, -0.15) is 0 Å². The highest BCUT2D eigenvalue weighted by Gasteiger charge is 2.66. The Labute approximate surface area is 528 Å². The Balaban J connectivity index is 0.616. The Bertz CT molecular complexity index is 2960. The SMILES string of the molecule is CO[C@H]1CC[C@]2(C)[C@H](CC[C@@]3(C)CC4=CC[C@@H]5C(C)(C)[C@H](OC(=O)CCC(=O)OCc6cc(=O)c(OC(=O)CCC(=O)O[C@@H]7CC[C@@]8(C)[C@@H]9CC[C@H]%10[C@@](C)(CC[C@@H]%11C(C)(C)[C@@H](OC)CC[C@]%11%10C)CC9=CC[C@@H]8C7(C)C)co6)CC[C@@]5(C)[C@@H]4CC[C@@H]32)C1(C)C. The Morgan fingerprint density at radius 1 is 0.455 bits per heavy atom. The van der Waals surface area contributed by atoms with E-state index in [0.717, 1.165) is 63.7 Å². The van der Waals surface area contributed by atoms with Crippen LogP contribution in [0.4, 0.5) is 0 Å². The summed E-state index contributed by atoms with van der Waals surface area (Å²) in [6.07, 6.45) is 28.3. The number of fused-ring (bicyclic) bond motifs is 12. The normalized spacial score (nSPS) is 42.5. The predicted octanol–water partition coefficient (Wildman–Crippen LogP) is 16.9. The molecule has 11 rings (SSSR count). The van der Waals surface area contributed by atoms with Crippen molar-refractivity contribution in [2.45, 2.75) is 282 Å². The van der Waals surface area contributed by atoms with Gasteiger partial charge in [0.1, 0.15) is 30.8 Å². The third kappa shape index (κ3) is 11.0. The van der Waals surface area contributed by atoms with Crippen molar-refractivity contribution in [3.63, 3.8) is 0 Å². The summed E-state index contributed by atoms with van der Waals surface area (Å²) in [6, 6.07) is 1.11. The number of methoxy groups -OCH3 is 2. The molecule has 0 radical (unpaired) electrons. The maximum absolute atomic E-state index is 13.5. The van der Waals surface area contributed by atoms with Gasteiger partial charge in [0.25, 0.3) is 0 Å². The molecule has 490 valence electrons. The highest BCUT2D eigenvalue weighted by atomic mass is 16.6. The molecule has 0 unspecified atom stereocenters. The van der Waals surface area contributed by atoms with E-state index in [1.807, 2.05) is 14.2 Å². The summed E-state index contributed by atoms with van der Waals surface area (Å²) < 4.78 is 41.1. The average Bonchev–Trinajstić information content (AvgIpc) is 1.56. The average molecular weight is 1220 g/mol. The summed E-state index contributed by atoms with van der Waals surface area (Å²) in [5.41, 5.74) is 3.90. The van der Waals surface area contributed by atoms with Gasteiger partial charge in [-0.15, -0.1) is 0 Å². The molecule has 12 heteroatoms. The molecule has 0 aromatic carbocycles. The van der Waals surface area contributed by atoms with Gasteiger partial charge in [0.2, 0.25) is 11.2 Å². The minimum Gasteiger partial charge on any atom is -0.462 e. The Morgan fingerprint density at radius 2 is 0.852 bits per heavy atom. The maximum atomic E-state index is 13.5. The van der Waals surface area contributed by atoms with Crippen molar-refractivity contribution >= 4 is 23.9 Å². The summed E-state index contributed by atoms with van der Waals surface area (Å²) in [6.45, 7) is 34.2. The number of allylic oxidation sites excluding steroid dienone is 4. The molecule has 1 aromatic heterocycles. The van der Waals surface area contributed by atoms with Crippen LogP contribution in [0.25, 0.3) is 0 Å². The van der Waals surface area contributed by atoms with E-state index >= 15 is 0 Å². The van der Waals surface area contributed by atoms with Gasteiger partial charge in [0, 0.05) is 31.1 Å². The standard InChI is InChI=1S/C76H114O12/c1-67(2)55-29-35-71(9)42-46-17-21-53-69(5,6)61(33-37-73(53,11)49(46)19-23-57(71)75(55,13)39-31-59(67)82-15)87-65(80)26-25-63(78)85-44-48-41-51(77)52(45-84-48)86-64(79)27-28-66(81)88-62-34-38-74(12)50-20-24-58-72(10,43-47(50)18-22-54(74)70(62,7)8)36-30-56-68(3,4)60(83-16)32-40-76(56,58)14/h17-18,41,45,49-50,53-62H,19-40,42-44H2,1-16H3/t49-,50-,53-,54-,55-,56-,57+,58+,59+,60+,61-,62-,71+,72+,73+,74+,75-,76-/m1/s1. The van der Waals surface area contributed by atoms with E-state index in [1.165, 1.54) is 77.0 Å². The van der Waals surface area contributed by atoms with Gasteiger partial charge >= 0.3 is 23.9 Å². The molecule has 1 aromatic rings. The van der Waals surface area contributed by atoms with Crippen LogP contribution in [-0.4, -0.2) is 62.5 Å². The lowest BCUT2D eigenvalue weighted by Gasteiger charge is -2.64. The predicted molar refractivity (Wildman–Crippen MR) is 340 cm³/mol. The first kappa shape index (κ1) is 65.7. The largest absolute Gasteiger partial charge is 0.462 e. The summed E-state index contributed by atoms with van der Waals surface area (Å²) in [5, 5.41) is 0. The van der Waals surface area contributed by atoms with Crippen molar-refractivity contribution in [2.24, 2.45) is 101 Å². The van der Waals surface area contributed by atoms with Gasteiger partial charge in [0.15, 0.2) is 0 Å². The molecular formula is C76H114O12. The lowest BCUT2D eigenvalue weighted by Crippen LogP contribution is -2.58. The van der Waals surface area contributed by atoms with Crippen LogP contribution in [0.5, 0.6) is 5.75 Å². The molecule has 18 atom stereocenters. The smallest absolute Gasteiger partial charge is 0.312 e. The van der Waals surface area contributed by atoms with E-state index in [1.54, 1.807) is 11.1 Å². The Kier molecular flexibility index (Phi) is 17.4. The maximum Gasteiger partial charge on any atom is 0.312 e. The quantitative estimate of drug-likeness (QED) is 0.105. The number of ether oxygens (including phenoxy) is 6. The zero-order valence-corrected chi connectivity index (χ0v) is 57.3. The minimum atomic E-state index is -0.756. The molecule has 0 spiro atoms. The second kappa shape index (κ2) is 23.4. The lowest BCUT2D eigenvalue weighted by atomic mass is 9.42. The first-order valence-electron chi connectivity index (χ1n) is 35.0. The molecule has 0 saturated heterocycles. The fourth-order valence-electron chi connectivity index (χ4n) is 24.9. The molecule has 10 aliphatic rings. The van der Waals surface area contributed by atoms with Gasteiger partial charge in [-0.25, -0.2) is 0 Å². The number of esters is 4. The third-order valence-corrected chi connectivity index (χ3v) is 29.2. The topological polar surface area (TPSA) is 154 Å². The van der Waals surface area contributed by atoms with Crippen molar-refractivity contribution in [2.75, 3.05) is 14.2 Å². The van der Waals surface area contributed by atoms with Crippen LogP contribution in [0.1, 0.15) is 257 Å². The molecule has 88 heavy (non-hydrogen) atoms. The van der Waals surface area contributed by atoms with E-state index in [0.29, 0.717) is 75.8 Å². The second-order valence-corrected chi connectivity index (χ2v) is 34.9. The first-order valence-corrected chi connectivity index (χ1v) is 35.0. The molecular weight excluding hydrogens is 1100 g/mol. The zero-order chi connectivity index (χ0) is 63.6.